The second-order valence-electron chi connectivity index (χ2n) is 6.06. The molecule has 2 saturated heterocycles. The Morgan fingerprint density at radius 1 is 1.28 bits per heavy atom. The molecule has 2 amide bonds. The Kier molecular flexibility index (Phi) is 4.89. The van der Waals surface area contributed by atoms with Crippen LogP contribution in [-0.2, 0) is 19.1 Å². The van der Waals surface area contributed by atoms with E-state index in [-0.39, 0.29) is 37.9 Å². The van der Waals surface area contributed by atoms with Gasteiger partial charge in [0.1, 0.15) is 5.75 Å². The zero-order valence-corrected chi connectivity index (χ0v) is 13.9. The van der Waals surface area contributed by atoms with E-state index in [0.717, 1.165) is 0 Å². The van der Waals surface area contributed by atoms with Crippen molar-refractivity contribution in [2.45, 2.75) is 12.5 Å². The molecule has 134 valence electrons. The Labute approximate surface area is 144 Å². The summed E-state index contributed by atoms with van der Waals surface area (Å²) in [5.74, 6) is -1.41. The van der Waals surface area contributed by atoms with Crippen LogP contribution in [0.4, 0.5) is 5.69 Å². The molecular weight excluding hydrogens is 328 g/mol. The van der Waals surface area contributed by atoms with Crippen LogP contribution in [0.5, 0.6) is 5.75 Å². The number of carbonyl (C=O) groups is 3. The minimum absolute atomic E-state index is 0.0239. The molecule has 2 atom stereocenters. The summed E-state index contributed by atoms with van der Waals surface area (Å²) in [4.78, 5) is 39.3. The number of aliphatic carboxylic acids is 1. The fourth-order valence-corrected chi connectivity index (χ4v) is 3.19. The average molecular weight is 348 g/mol. The van der Waals surface area contributed by atoms with E-state index < -0.39 is 17.9 Å². The highest BCUT2D eigenvalue weighted by atomic mass is 16.5. The summed E-state index contributed by atoms with van der Waals surface area (Å²) in [6.07, 6.45) is 0.0779. The first-order valence-electron chi connectivity index (χ1n) is 8.06. The Morgan fingerprint density at radius 2 is 2.00 bits per heavy atom. The van der Waals surface area contributed by atoms with Crippen LogP contribution in [0.1, 0.15) is 6.42 Å². The van der Waals surface area contributed by atoms with Crippen LogP contribution in [0, 0.1) is 5.92 Å². The van der Waals surface area contributed by atoms with E-state index in [9.17, 15) is 19.5 Å². The molecule has 2 heterocycles. The number of amides is 2. The van der Waals surface area contributed by atoms with Crippen molar-refractivity contribution >= 4 is 23.5 Å². The largest absolute Gasteiger partial charge is 0.497 e. The van der Waals surface area contributed by atoms with Gasteiger partial charge in [-0.1, -0.05) is 0 Å². The molecule has 25 heavy (non-hydrogen) atoms. The van der Waals surface area contributed by atoms with Crippen LogP contribution in [0.25, 0.3) is 0 Å². The van der Waals surface area contributed by atoms with Crippen LogP contribution < -0.4 is 9.64 Å². The Bertz CT molecular complexity index is 674. The topological polar surface area (TPSA) is 96.4 Å². The number of anilines is 1. The lowest BCUT2D eigenvalue weighted by atomic mass is 10.1. The van der Waals surface area contributed by atoms with Gasteiger partial charge in [0.15, 0.2) is 6.04 Å². The predicted molar refractivity (Wildman–Crippen MR) is 87.4 cm³/mol. The van der Waals surface area contributed by atoms with Gasteiger partial charge < -0.3 is 24.4 Å². The van der Waals surface area contributed by atoms with E-state index in [1.807, 2.05) is 0 Å². The molecule has 8 heteroatoms. The quantitative estimate of drug-likeness (QED) is 0.844. The predicted octanol–water partition coefficient (Wildman–Crippen LogP) is 0.360. The lowest BCUT2D eigenvalue weighted by Gasteiger charge is -2.34. The first-order chi connectivity index (χ1) is 12.0. The third-order valence-corrected chi connectivity index (χ3v) is 4.55. The fraction of sp³-hybridized carbons (Fsp3) is 0.471. The summed E-state index contributed by atoms with van der Waals surface area (Å²) >= 11 is 0. The first-order valence-corrected chi connectivity index (χ1v) is 8.06. The molecule has 1 N–H and O–H groups in total. The molecule has 0 saturated carbocycles. The van der Waals surface area contributed by atoms with E-state index in [1.165, 1.54) is 4.90 Å². The van der Waals surface area contributed by atoms with Gasteiger partial charge in [0.2, 0.25) is 11.8 Å². The molecule has 8 nitrogen and oxygen atoms in total. The van der Waals surface area contributed by atoms with Crippen LogP contribution >= 0.6 is 0 Å². The Morgan fingerprint density at radius 3 is 2.64 bits per heavy atom. The van der Waals surface area contributed by atoms with E-state index >= 15 is 0 Å². The molecule has 2 aliphatic heterocycles. The number of methoxy groups -OCH3 is 1. The smallest absolute Gasteiger partial charge is 0.328 e. The molecule has 1 aromatic rings. The van der Waals surface area contributed by atoms with Crippen molar-refractivity contribution in [3.05, 3.63) is 24.3 Å². The van der Waals surface area contributed by atoms with Crippen LogP contribution in [-0.4, -0.2) is 67.2 Å². The minimum atomic E-state index is -1.09. The van der Waals surface area contributed by atoms with Gasteiger partial charge in [-0.3, -0.25) is 9.59 Å². The maximum Gasteiger partial charge on any atom is 0.328 e. The normalized spacial score (nSPS) is 23.6. The highest BCUT2D eigenvalue weighted by molar-refractivity contribution is 6.00. The van der Waals surface area contributed by atoms with E-state index in [1.54, 1.807) is 36.3 Å². The third-order valence-electron chi connectivity index (χ3n) is 4.55. The van der Waals surface area contributed by atoms with Gasteiger partial charge in [-0.25, -0.2) is 4.79 Å². The summed E-state index contributed by atoms with van der Waals surface area (Å²) in [6, 6.07) is 6.03. The molecule has 0 bridgehead atoms. The number of ether oxygens (including phenoxy) is 2. The lowest BCUT2D eigenvalue weighted by molar-refractivity contribution is -0.160. The van der Waals surface area contributed by atoms with E-state index in [4.69, 9.17) is 9.47 Å². The van der Waals surface area contributed by atoms with Gasteiger partial charge in [-0.15, -0.1) is 0 Å². The van der Waals surface area contributed by atoms with Crippen LogP contribution in [0.2, 0.25) is 0 Å². The number of carboxylic acids is 1. The van der Waals surface area contributed by atoms with Gasteiger partial charge in [-0.05, 0) is 24.3 Å². The van der Waals surface area contributed by atoms with Gasteiger partial charge >= 0.3 is 5.97 Å². The van der Waals surface area contributed by atoms with Crippen molar-refractivity contribution < 1.29 is 29.0 Å². The van der Waals surface area contributed by atoms with Crippen molar-refractivity contribution in [2.24, 2.45) is 5.92 Å². The van der Waals surface area contributed by atoms with Crippen LogP contribution in [0.15, 0.2) is 24.3 Å². The molecule has 0 aromatic heterocycles. The number of rotatable bonds is 4. The number of nitrogens with zero attached hydrogens (tertiary/aromatic N) is 2. The van der Waals surface area contributed by atoms with Crippen molar-refractivity contribution in [2.75, 3.05) is 38.3 Å². The third kappa shape index (κ3) is 3.43. The molecule has 0 spiro atoms. The first kappa shape index (κ1) is 17.2. The molecule has 0 aliphatic carbocycles. The molecule has 3 rings (SSSR count). The number of hydrogen-bond donors (Lipinski definition) is 1. The maximum atomic E-state index is 12.7. The van der Waals surface area contributed by atoms with Gasteiger partial charge in [0.05, 0.1) is 26.2 Å². The van der Waals surface area contributed by atoms with Crippen LogP contribution in [0.3, 0.4) is 0 Å². The summed E-state index contributed by atoms with van der Waals surface area (Å²) in [5, 5.41) is 9.27. The lowest BCUT2D eigenvalue weighted by Crippen LogP contribution is -2.54. The molecule has 2 aliphatic rings. The van der Waals surface area contributed by atoms with E-state index in [0.29, 0.717) is 18.0 Å². The maximum absolute atomic E-state index is 12.7. The highest BCUT2D eigenvalue weighted by Crippen LogP contribution is 2.28. The number of hydrogen-bond acceptors (Lipinski definition) is 5. The van der Waals surface area contributed by atoms with Gasteiger partial charge in [0, 0.05) is 25.2 Å². The number of benzene rings is 1. The van der Waals surface area contributed by atoms with E-state index in [2.05, 4.69) is 0 Å². The fourth-order valence-electron chi connectivity index (χ4n) is 3.19. The second-order valence-corrected chi connectivity index (χ2v) is 6.06. The van der Waals surface area contributed by atoms with Gasteiger partial charge in [-0.2, -0.15) is 0 Å². The number of morpholine rings is 1. The molecule has 0 unspecified atom stereocenters. The Balaban J connectivity index is 1.72. The second kappa shape index (κ2) is 7.10. The average Bonchev–Trinajstić information content (AvgIpc) is 3.03. The van der Waals surface area contributed by atoms with Crippen molar-refractivity contribution in [1.82, 2.24) is 4.90 Å². The van der Waals surface area contributed by atoms with Crippen molar-refractivity contribution in [1.29, 1.82) is 0 Å². The number of carboxylic acid groups (broad SMARTS) is 1. The summed E-state index contributed by atoms with van der Waals surface area (Å²) in [7, 11) is 1.56. The summed E-state index contributed by atoms with van der Waals surface area (Å²) in [6.45, 7) is 0.749. The van der Waals surface area contributed by atoms with Gasteiger partial charge in [0.25, 0.3) is 0 Å². The molecular formula is C17H20N2O6. The number of carbonyl (C=O) groups excluding carboxylic acids is 2. The zero-order valence-electron chi connectivity index (χ0n) is 13.9. The minimum Gasteiger partial charge on any atom is -0.497 e. The zero-order chi connectivity index (χ0) is 18.0. The monoisotopic (exact) mass is 348 g/mol. The molecule has 1 aromatic carbocycles. The molecule has 2 fully saturated rings. The molecule has 0 radical (unpaired) electrons. The standard InChI is InChI=1S/C17H20N2O6/c1-24-13-4-2-12(3-5-13)19-9-11(8-15(19)20)16(21)18-6-7-25-10-14(18)17(22)23/h2-5,11,14H,6-10H2,1H3,(H,22,23)/t11-,14-/m0/s1. The van der Waals surface area contributed by atoms with Crippen molar-refractivity contribution in [3.8, 4) is 5.75 Å². The summed E-state index contributed by atoms with van der Waals surface area (Å²) < 4.78 is 10.3. The highest BCUT2D eigenvalue weighted by Gasteiger charge is 2.41. The Hall–Kier alpha value is -2.61. The van der Waals surface area contributed by atoms with Crippen molar-refractivity contribution in [3.63, 3.8) is 0 Å². The SMILES string of the molecule is COc1ccc(N2C[C@@H](C(=O)N3CCOC[C@H]3C(=O)O)CC2=O)cc1. The summed E-state index contributed by atoms with van der Waals surface area (Å²) in [5.41, 5.74) is 0.692.